The lowest BCUT2D eigenvalue weighted by molar-refractivity contribution is -0.137. The summed E-state index contributed by atoms with van der Waals surface area (Å²) in [5.41, 5.74) is 0.0246. The van der Waals surface area contributed by atoms with E-state index in [0.717, 1.165) is 23.0 Å². The molecular formula is C11H8ClF3N2S2. The van der Waals surface area contributed by atoms with Gasteiger partial charge in [0.2, 0.25) is 0 Å². The van der Waals surface area contributed by atoms with Gasteiger partial charge in [0.1, 0.15) is 5.03 Å². The van der Waals surface area contributed by atoms with Gasteiger partial charge in [-0.1, -0.05) is 23.4 Å². The third-order valence-electron chi connectivity index (χ3n) is 2.16. The first-order valence-corrected chi connectivity index (χ1v) is 7.37. The van der Waals surface area contributed by atoms with Crippen LogP contribution < -0.4 is 0 Å². The van der Waals surface area contributed by atoms with Crippen molar-refractivity contribution in [1.82, 2.24) is 9.97 Å². The number of rotatable bonds is 3. The lowest BCUT2D eigenvalue weighted by Gasteiger charge is -2.08. The van der Waals surface area contributed by atoms with Crippen LogP contribution in [0.1, 0.15) is 16.3 Å². The van der Waals surface area contributed by atoms with E-state index < -0.39 is 11.7 Å². The summed E-state index contributed by atoms with van der Waals surface area (Å²) in [6, 6.07) is 0.892. The normalized spacial score (nSPS) is 11.8. The van der Waals surface area contributed by atoms with Crippen molar-refractivity contribution in [2.24, 2.45) is 0 Å². The molecule has 0 radical (unpaired) electrons. The number of hydrogen-bond donors (Lipinski definition) is 0. The zero-order valence-corrected chi connectivity index (χ0v) is 12.1. The highest BCUT2D eigenvalue weighted by atomic mass is 35.5. The predicted molar refractivity (Wildman–Crippen MR) is 70.7 cm³/mol. The number of alkyl halides is 3. The molecule has 0 aliphatic heterocycles. The summed E-state index contributed by atoms with van der Waals surface area (Å²) >= 11 is 8.60. The summed E-state index contributed by atoms with van der Waals surface area (Å²) < 4.78 is 37.3. The molecule has 8 heteroatoms. The van der Waals surface area contributed by atoms with Gasteiger partial charge in [0.05, 0.1) is 21.3 Å². The second-order valence-corrected chi connectivity index (χ2v) is 6.09. The number of thiazole rings is 1. The van der Waals surface area contributed by atoms with Crippen LogP contribution in [-0.4, -0.2) is 9.97 Å². The number of hydrogen-bond acceptors (Lipinski definition) is 4. The van der Waals surface area contributed by atoms with E-state index in [0.29, 0.717) is 10.8 Å². The summed E-state index contributed by atoms with van der Waals surface area (Å²) in [5.74, 6) is 0.530. The van der Waals surface area contributed by atoms with Crippen molar-refractivity contribution < 1.29 is 13.2 Å². The Morgan fingerprint density at radius 3 is 2.68 bits per heavy atom. The fourth-order valence-corrected chi connectivity index (χ4v) is 3.11. The molecule has 0 bridgehead atoms. The van der Waals surface area contributed by atoms with Crippen molar-refractivity contribution in [3.05, 3.63) is 38.9 Å². The Labute approximate surface area is 121 Å². The number of pyridine rings is 1. The molecule has 0 spiro atoms. The fraction of sp³-hybridized carbons (Fsp3) is 0.273. The summed E-state index contributed by atoms with van der Waals surface area (Å²) in [6.45, 7) is 1.89. The lowest BCUT2D eigenvalue weighted by Crippen LogP contribution is -2.05. The Balaban J connectivity index is 2.09. The van der Waals surface area contributed by atoms with E-state index in [1.165, 1.54) is 23.1 Å². The van der Waals surface area contributed by atoms with Crippen LogP contribution in [0, 0.1) is 6.92 Å². The zero-order valence-electron chi connectivity index (χ0n) is 9.66. The van der Waals surface area contributed by atoms with Crippen molar-refractivity contribution in [3.63, 3.8) is 0 Å². The van der Waals surface area contributed by atoms with Crippen LogP contribution in [-0.2, 0) is 11.9 Å². The van der Waals surface area contributed by atoms with Gasteiger partial charge in [0, 0.05) is 17.3 Å². The standard InChI is InChI=1S/C11H8ClF3N2S2/c1-6-17-8(4-18-6)5-19-10-9(12)2-7(3-16-10)11(13,14)15/h2-4H,5H2,1H3. The number of aryl methyl sites for hydroxylation is 1. The molecule has 2 aromatic heterocycles. The molecule has 102 valence electrons. The summed E-state index contributed by atoms with van der Waals surface area (Å²) in [6.07, 6.45) is -3.63. The maximum Gasteiger partial charge on any atom is 0.417 e. The highest BCUT2D eigenvalue weighted by Gasteiger charge is 2.31. The fourth-order valence-electron chi connectivity index (χ4n) is 1.30. The van der Waals surface area contributed by atoms with Gasteiger partial charge in [-0.15, -0.1) is 11.3 Å². The highest BCUT2D eigenvalue weighted by molar-refractivity contribution is 7.98. The molecule has 0 N–H and O–H groups in total. The van der Waals surface area contributed by atoms with Gasteiger partial charge >= 0.3 is 6.18 Å². The molecule has 0 fully saturated rings. The van der Waals surface area contributed by atoms with Gasteiger partial charge in [0.15, 0.2) is 0 Å². The van der Waals surface area contributed by atoms with Gasteiger partial charge < -0.3 is 0 Å². The lowest BCUT2D eigenvalue weighted by atomic mass is 10.3. The summed E-state index contributed by atoms with van der Waals surface area (Å²) in [5, 5.41) is 3.23. The third kappa shape index (κ3) is 3.84. The molecule has 0 saturated heterocycles. The highest BCUT2D eigenvalue weighted by Crippen LogP contribution is 2.34. The number of nitrogens with zero attached hydrogens (tertiary/aromatic N) is 2. The molecule has 2 rings (SSSR count). The van der Waals surface area contributed by atoms with Crippen molar-refractivity contribution in [1.29, 1.82) is 0 Å². The third-order valence-corrected chi connectivity index (χ3v) is 4.42. The van der Waals surface area contributed by atoms with Gasteiger partial charge in [-0.25, -0.2) is 9.97 Å². The molecule has 19 heavy (non-hydrogen) atoms. The smallest absolute Gasteiger partial charge is 0.248 e. The Bertz CT molecular complexity index is 584. The molecule has 0 unspecified atom stereocenters. The number of thioether (sulfide) groups is 1. The monoisotopic (exact) mass is 324 g/mol. The number of halogens is 4. The maximum atomic E-state index is 12.4. The van der Waals surface area contributed by atoms with Crippen LogP contribution in [0.15, 0.2) is 22.7 Å². The van der Waals surface area contributed by atoms with Crippen molar-refractivity contribution >= 4 is 34.7 Å². The second kappa shape index (κ2) is 5.68. The van der Waals surface area contributed by atoms with Crippen LogP contribution in [0.25, 0.3) is 0 Å². The van der Waals surface area contributed by atoms with E-state index in [4.69, 9.17) is 11.6 Å². The Morgan fingerprint density at radius 2 is 2.16 bits per heavy atom. The minimum absolute atomic E-state index is 0.00627. The molecule has 0 aliphatic carbocycles. The first-order valence-electron chi connectivity index (χ1n) is 5.13. The van der Waals surface area contributed by atoms with E-state index >= 15 is 0 Å². The van der Waals surface area contributed by atoms with Gasteiger partial charge in [-0.2, -0.15) is 13.2 Å². The molecule has 0 aliphatic rings. The molecule has 0 amide bonds. The van der Waals surface area contributed by atoms with Gasteiger partial charge in [-0.05, 0) is 13.0 Å². The maximum absolute atomic E-state index is 12.4. The molecule has 2 aromatic rings. The first kappa shape index (κ1) is 14.6. The number of aromatic nitrogens is 2. The average molecular weight is 325 g/mol. The van der Waals surface area contributed by atoms with E-state index in [1.807, 2.05) is 12.3 Å². The van der Waals surface area contributed by atoms with E-state index in [9.17, 15) is 13.2 Å². The zero-order chi connectivity index (χ0) is 14.0. The molecule has 0 atom stereocenters. The van der Waals surface area contributed by atoms with Crippen LogP contribution in [0.3, 0.4) is 0 Å². The van der Waals surface area contributed by atoms with Crippen LogP contribution >= 0.6 is 34.7 Å². The van der Waals surface area contributed by atoms with E-state index in [2.05, 4.69) is 9.97 Å². The average Bonchev–Trinajstić information content (AvgIpc) is 2.72. The molecular weight excluding hydrogens is 317 g/mol. The minimum atomic E-state index is -4.42. The summed E-state index contributed by atoms with van der Waals surface area (Å²) in [4.78, 5) is 8.01. The Kier molecular flexibility index (Phi) is 4.37. The second-order valence-electron chi connectivity index (χ2n) is 3.66. The molecule has 0 saturated carbocycles. The SMILES string of the molecule is Cc1nc(CSc2ncc(C(F)(F)F)cc2Cl)cs1. The molecule has 0 aromatic carbocycles. The largest absolute Gasteiger partial charge is 0.417 e. The van der Waals surface area contributed by atoms with Crippen molar-refractivity contribution in [2.75, 3.05) is 0 Å². The molecule has 2 nitrogen and oxygen atoms in total. The van der Waals surface area contributed by atoms with Crippen LogP contribution in [0.4, 0.5) is 13.2 Å². The van der Waals surface area contributed by atoms with Crippen LogP contribution in [0.5, 0.6) is 0 Å². The Morgan fingerprint density at radius 1 is 1.42 bits per heavy atom. The first-order chi connectivity index (χ1) is 8.86. The Hall–Kier alpha value is -0.790. The van der Waals surface area contributed by atoms with Gasteiger partial charge in [0.25, 0.3) is 0 Å². The topological polar surface area (TPSA) is 25.8 Å². The molecule has 2 heterocycles. The van der Waals surface area contributed by atoms with E-state index in [-0.39, 0.29) is 5.02 Å². The quantitative estimate of drug-likeness (QED) is 0.758. The predicted octanol–water partition coefficient (Wildman–Crippen LogP) is 4.81. The summed E-state index contributed by atoms with van der Waals surface area (Å²) in [7, 11) is 0. The van der Waals surface area contributed by atoms with E-state index in [1.54, 1.807) is 0 Å². The minimum Gasteiger partial charge on any atom is -0.248 e. The van der Waals surface area contributed by atoms with Gasteiger partial charge in [-0.3, -0.25) is 0 Å². The van der Waals surface area contributed by atoms with Crippen LogP contribution in [0.2, 0.25) is 5.02 Å². The van der Waals surface area contributed by atoms with Crippen molar-refractivity contribution in [3.8, 4) is 0 Å². The van der Waals surface area contributed by atoms with Crippen molar-refractivity contribution in [2.45, 2.75) is 23.9 Å².